The number of hydrogen-bond acceptors (Lipinski definition) is 7. The zero-order valence-corrected chi connectivity index (χ0v) is 26.4. The molecule has 0 saturated carbocycles. The van der Waals surface area contributed by atoms with Gasteiger partial charge >= 0.3 is 0 Å². The van der Waals surface area contributed by atoms with Gasteiger partial charge in [0.1, 0.15) is 16.7 Å². The molecule has 11 heteroatoms. The molecule has 1 N–H and O–H groups in total. The molecule has 0 fully saturated rings. The van der Waals surface area contributed by atoms with E-state index in [1.54, 1.807) is 59.8 Å². The number of hydrogen-bond donors (Lipinski definition) is 1. The van der Waals surface area contributed by atoms with Crippen LogP contribution in [0.3, 0.4) is 0 Å². The highest BCUT2D eigenvalue weighted by Gasteiger charge is 2.45. The van der Waals surface area contributed by atoms with Crippen molar-refractivity contribution >= 4 is 50.1 Å². The number of pyridine rings is 2. The number of rotatable bonds is 11. The molecule has 1 aromatic carbocycles. The highest BCUT2D eigenvalue weighted by molar-refractivity contribution is 9.10. The van der Waals surface area contributed by atoms with Gasteiger partial charge in [-0.05, 0) is 85.6 Å². The van der Waals surface area contributed by atoms with Crippen molar-refractivity contribution in [1.29, 1.82) is 0 Å². The number of ether oxygens (including phenoxy) is 1. The van der Waals surface area contributed by atoms with Gasteiger partial charge < -0.3 is 28.8 Å². The number of aromatic nitrogens is 2. The minimum atomic E-state index is -1.14. The number of anilines is 2. The van der Waals surface area contributed by atoms with Crippen molar-refractivity contribution in [3.8, 4) is 5.75 Å². The lowest BCUT2D eigenvalue weighted by Gasteiger charge is -2.27. The van der Waals surface area contributed by atoms with Gasteiger partial charge in [-0.15, -0.1) is 0 Å². The van der Waals surface area contributed by atoms with Gasteiger partial charge in [0, 0.05) is 63.3 Å². The Labute approximate surface area is 258 Å². The van der Waals surface area contributed by atoms with Crippen molar-refractivity contribution < 1.29 is 18.7 Å². The Morgan fingerprint density at radius 1 is 1.05 bits per heavy atom. The summed E-state index contributed by atoms with van der Waals surface area (Å²) in [5.41, 5.74) is 2.75. The number of furan rings is 1. The first-order valence-electron chi connectivity index (χ1n) is 14.4. The van der Waals surface area contributed by atoms with E-state index in [1.807, 2.05) is 31.2 Å². The predicted octanol–water partition coefficient (Wildman–Crippen LogP) is 4.91. The Kier molecular flexibility index (Phi) is 9.03. The number of aryl methyl sites for hydroxylation is 2. The van der Waals surface area contributed by atoms with E-state index in [-0.39, 0.29) is 17.4 Å². The third-order valence-corrected chi connectivity index (χ3v) is 8.14. The summed E-state index contributed by atoms with van der Waals surface area (Å²) in [5.74, 6) is 0.204. The first-order valence-corrected chi connectivity index (χ1v) is 15.2. The van der Waals surface area contributed by atoms with Crippen molar-refractivity contribution in [1.82, 2.24) is 14.9 Å². The molecule has 0 saturated heterocycles. The molecular formula is C32H36BrN5O5. The van der Waals surface area contributed by atoms with Gasteiger partial charge in [-0.2, -0.15) is 0 Å². The van der Waals surface area contributed by atoms with Crippen molar-refractivity contribution in [3.05, 3.63) is 81.1 Å². The zero-order valence-electron chi connectivity index (χ0n) is 24.9. The van der Waals surface area contributed by atoms with Crippen LogP contribution in [0.1, 0.15) is 38.4 Å². The van der Waals surface area contributed by atoms with Gasteiger partial charge in [-0.1, -0.05) is 0 Å². The summed E-state index contributed by atoms with van der Waals surface area (Å²) in [6.07, 6.45) is 4.96. The molecule has 4 heterocycles. The monoisotopic (exact) mass is 649 g/mol. The second-order valence-electron chi connectivity index (χ2n) is 11.1. The van der Waals surface area contributed by atoms with Crippen LogP contribution in [0.2, 0.25) is 0 Å². The number of halogens is 1. The minimum Gasteiger partial charge on any atom is -0.493 e. The van der Waals surface area contributed by atoms with Gasteiger partial charge in [-0.25, -0.2) is 0 Å². The SMILES string of the molecule is CCN1C(=O)C(C)(C)C(=O)N(C)c2cc(OCCCNCc3ccnc(CCn4ccc5oc(Br)cc5c4=O)c3)ccc21. The summed E-state index contributed by atoms with van der Waals surface area (Å²) >= 11 is 3.28. The lowest BCUT2D eigenvalue weighted by molar-refractivity contribution is -0.137. The third-order valence-electron chi connectivity index (χ3n) is 7.75. The van der Waals surface area contributed by atoms with Crippen molar-refractivity contribution in [2.45, 2.75) is 46.7 Å². The molecule has 0 aliphatic carbocycles. The van der Waals surface area contributed by atoms with Crippen molar-refractivity contribution in [3.63, 3.8) is 0 Å². The van der Waals surface area contributed by atoms with E-state index >= 15 is 0 Å². The second-order valence-corrected chi connectivity index (χ2v) is 11.9. The van der Waals surface area contributed by atoms with E-state index in [2.05, 4.69) is 32.3 Å². The van der Waals surface area contributed by atoms with Crippen LogP contribution >= 0.6 is 15.9 Å². The largest absolute Gasteiger partial charge is 0.493 e. The molecule has 226 valence electrons. The van der Waals surface area contributed by atoms with Crippen LogP contribution in [-0.2, 0) is 29.1 Å². The molecule has 3 aromatic heterocycles. The molecule has 10 nitrogen and oxygen atoms in total. The number of nitrogens with one attached hydrogen (secondary N) is 1. The first-order chi connectivity index (χ1) is 20.6. The van der Waals surface area contributed by atoms with Gasteiger partial charge in [0.15, 0.2) is 4.67 Å². The third kappa shape index (κ3) is 6.37. The van der Waals surface area contributed by atoms with Gasteiger partial charge in [0.25, 0.3) is 5.56 Å². The van der Waals surface area contributed by atoms with Gasteiger partial charge in [-0.3, -0.25) is 19.4 Å². The fourth-order valence-electron chi connectivity index (χ4n) is 5.32. The Morgan fingerprint density at radius 2 is 1.86 bits per heavy atom. The van der Waals surface area contributed by atoms with Crippen LogP contribution in [0.4, 0.5) is 11.4 Å². The smallest absolute Gasteiger partial charge is 0.261 e. The van der Waals surface area contributed by atoms with Crippen molar-refractivity contribution in [2.24, 2.45) is 5.41 Å². The number of carbonyl (C=O) groups is 2. The van der Waals surface area contributed by atoms with Crippen LogP contribution in [-0.4, -0.2) is 48.1 Å². The van der Waals surface area contributed by atoms with Crippen LogP contribution in [0, 0.1) is 5.41 Å². The second kappa shape index (κ2) is 12.7. The number of benzene rings is 1. The number of amides is 2. The average Bonchev–Trinajstić information content (AvgIpc) is 3.38. The topological polar surface area (TPSA) is 110 Å². The van der Waals surface area contributed by atoms with Crippen LogP contribution in [0.5, 0.6) is 5.75 Å². The summed E-state index contributed by atoms with van der Waals surface area (Å²) in [5, 5.41) is 4.00. The fourth-order valence-corrected chi connectivity index (χ4v) is 5.73. The fraction of sp³-hybridized carbons (Fsp3) is 0.375. The van der Waals surface area contributed by atoms with E-state index in [4.69, 9.17) is 9.15 Å². The standard InChI is InChI=1S/C32H36BrN5O5/c1-5-38-25-8-7-23(18-26(25)36(4)30(40)32(2,3)31(38)41)42-16-6-12-34-20-21-9-13-35-22(17-21)10-14-37-15-11-27-24(29(37)39)19-28(33)43-27/h7-9,11,13,15,17-19,34H,5-6,10,12,14,16,20H2,1-4H3. The summed E-state index contributed by atoms with van der Waals surface area (Å²) in [6, 6.07) is 13.1. The molecule has 0 bridgehead atoms. The van der Waals surface area contributed by atoms with Gasteiger partial charge in [0.05, 0.1) is 23.4 Å². The molecule has 0 spiro atoms. The highest BCUT2D eigenvalue weighted by atomic mass is 79.9. The van der Waals surface area contributed by atoms with Gasteiger partial charge in [0.2, 0.25) is 11.8 Å². The molecule has 0 radical (unpaired) electrons. The quantitative estimate of drug-likeness (QED) is 0.182. The van der Waals surface area contributed by atoms with Crippen molar-refractivity contribution in [2.75, 3.05) is 36.5 Å². The molecule has 2 amide bonds. The zero-order chi connectivity index (χ0) is 30.7. The maximum atomic E-state index is 13.1. The normalized spacial score (nSPS) is 14.7. The molecule has 1 aliphatic rings. The lowest BCUT2D eigenvalue weighted by atomic mass is 9.90. The number of nitrogens with zero attached hydrogens (tertiary/aromatic N) is 4. The molecule has 0 atom stereocenters. The molecule has 4 aromatic rings. The van der Waals surface area contributed by atoms with E-state index in [0.717, 1.165) is 24.2 Å². The van der Waals surface area contributed by atoms with E-state index in [9.17, 15) is 14.4 Å². The summed E-state index contributed by atoms with van der Waals surface area (Å²) in [4.78, 5) is 46.5. The maximum Gasteiger partial charge on any atom is 0.261 e. The van der Waals surface area contributed by atoms with Crippen LogP contribution in [0.15, 0.2) is 68.7 Å². The maximum absolute atomic E-state index is 13.1. The van der Waals surface area contributed by atoms with Crippen LogP contribution in [0.25, 0.3) is 11.0 Å². The summed E-state index contributed by atoms with van der Waals surface area (Å²) < 4.78 is 13.7. The molecule has 5 rings (SSSR count). The average molecular weight is 651 g/mol. The van der Waals surface area contributed by atoms with E-state index in [0.29, 0.717) is 65.4 Å². The Bertz CT molecular complexity index is 1710. The number of carbonyl (C=O) groups excluding carboxylic acids is 2. The summed E-state index contributed by atoms with van der Waals surface area (Å²) in [6.45, 7) is 8.19. The first kappa shape index (κ1) is 30.5. The highest BCUT2D eigenvalue weighted by Crippen LogP contribution is 2.40. The molecule has 1 aliphatic heterocycles. The summed E-state index contributed by atoms with van der Waals surface area (Å²) in [7, 11) is 1.70. The lowest BCUT2D eigenvalue weighted by Crippen LogP contribution is -2.47. The Morgan fingerprint density at radius 3 is 2.65 bits per heavy atom. The molecular weight excluding hydrogens is 614 g/mol. The minimum absolute atomic E-state index is 0.0830. The molecule has 43 heavy (non-hydrogen) atoms. The van der Waals surface area contributed by atoms with Crippen LogP contribution < -0.4 is 25.4 Å². The predicted molar refractivity (Wildman–Crippen MR) is 170 cm³/mol. The molecule has 0 unspecified atom stereocenters. The Hall–Kier alpha value is -3.96. The Balaban J connectivity index is 1.10. The van der Waals surface area contributed by atoms with E-state index in [1.165, 1.54) is 0 Å². The van der Waals surface area contributed by atoms with E-state index < -0.39 is 5.41 Å². The number of fused-ring (bicyclic) bond motifs is 2.